The molecule has 5 heteroatoms. The largest absolute Gasteiger partial charge is 0.394 e. The van der Waals surface area contributed by atoms with Crippen molar-refractivity contribution < 1.29 is 15.0 Å². The number of amides is 1. The van der Waals surface area contributed by atoms with Crippen molar-refractivity contribution in [3.8, 4) is 0 Å². The molecule has 0 bridgehead atoms. The van der Waals surface area contributed by atoms with Crippen LogP contribution in [0.25, 0.3) is 0 Å². The highest BCUT2D eigenvalue weighted by molar-refractivity contribution is 5.78. The lowest BCUT2D eigenvalue weighted by Crippen LogP contribution is -2.56. The van der Waals surface area contributed by atoms with Gasteiger partial charge in [-0.3, -0.25) is 4.79 Å². The van der Waals surface area contributed by atoms with Gasteiger partial charge in [0.15, 0.2) is 0 Å². The first-order valence-corrected chi connectivity index (χ1v) is 5.25. The molecule has 0 spiro atoms. The molecule has 0 aromatic rings. The first-order valence-electron chi connectivity index (χ1n) is 5.25. The maximum atomic E-state index is 11.6. The van der Waals surface area contributed by atoms with Crippen molar-refractivity contribution in [3.05, 3.63) is 0 Å². The molecule has 0 radical (unpaired) electrons. The van der Waals surface area contributed by atoms with Gasteiger partial charge in [-0.05, 0) is 26.2 Å². The van der Waals surface area contributed by atoms with Crippen LogP contribution in [0.3, 0.4) is 0 Å². The summed E-state index contributed by atoms with van der Waals surface area (Å²) in [7, 11) is 0. The van der Waals surface area contributed by atoms with E-state index in [1.54, 1.807) is 6.92 Å². The van der Waals surface area contributed by atoms with Crippen molar-refractivity contribution in [1.82, 2.24) is 5.32 Å². The van der Waals surface area contributed by atoms with E-state index in [0.29, 0.717) is 0 Å². The van der Waals surface area contributed by atoms with Gasteiger partial charge in [-0.1, -0.05) is 0 Å². The third-order valence-electron chi connectivity index (χ3n) is 3.00. The molecular weight excluding hydrogens is 196 g/mol. The Kier molecular flexibility index (Phi) is 3.70. The molecule has 5 nitrogen and oxygen atoms in total. The van der Waals surface area contributed by atoms with Crippen molar-refractivity contribution in [2.24, 2.45) is 5.73 Å². The van der Waals surface area contributed by atoms with Gasteiger partial charge >= 0.3 is 0 Å². The van der Waals surface area contributed by atoms with Crippen molar-refractivity contribution in [2.45, 2.75) is 43.7 Å². The minimum atomic E-state index is -0.947. The van der Waals surface area contributed by atoms with Crippen LogP contribution in [-0.2, 0) is 4.79 Å². The van der Waals surface area contributed by atoms with E-state index in [1.165, 1.54) is 0 Å². The summed E-state index contributed by atoms with van der Waals surface area (Å²) >= 11 is 0. The van der Waals surface area contributed by atoms with Crippen LogP contribution in [0.4, 0.5) is 0 Å². The van der Waals surface area contributed by atoms with E-state index >= 15 is 0 Å². The van der Waals surface area contributed by atoms with E-state index in [0.717, 1.165) is 19.3 Å². The van der Waals surface area contributed by atoms with Crippen molar-refractivity contribution in [3.63, 3.8) is 0 Å². The Morgan fingerprint density at radius 2 is 2.00 bits per heavy atom. The fourth-order valence-corrected chi connectivity index (χ4v) is 1.64. The lowest BCUT2D eigenvalue weighted by molar-refractivity contribution is -0.126. The monoisotopic (exact) mass is 216 g/mol. The molecule has 0 unspecified atom stereocenters. The SMILES string of the molecule is CC(CO)(CO)NC(=O)CC1(N)CCC1. The van der Waals surface area contributed by atoms with Gasteiger partial charge in [0.05, 0.1) is 18.8 Å². The van der Waals surface area contributed by atoms with Gasteiger partial charge in [0, 0.05) is 12.0 Å². The summed E-state index contributed by atoms with van der Waals surface area (Å²) in [6.45, 7) is 1.02. The number of aliphatic hydroxyl groups excluding tert-OH is 2. The molecule has 0 aliphatic heterocycles. The fraction of sp³-hybridized carbons (Fsp3) is 0.900. The quantitative estimate of drug-likeness (QED) is 0.480. The molecule has 88 valence electrons. The van der Waals surface area contributed by atoms with Gasteiger partial charge in [-0.15, -0.1) is 0 Å². The average Bonchev–Trinajstić information content (AvgIpc) is 2.15. The van der Waals surface area contributed by atoms with E-state index in [9.17, 15) is 4.79 Å². The molecule has 0 atom stereocenters. The Morgan fingerprint density at radius 1 is 1.47 bits per heavy atom. The molecule has 1 fully saturated rings. The fourth-order valence-electron chi connectivity index (χ4n) is 1.64. The van der Waals surface area contributed by atoms with Crippen LogP contribution in [-0.4, -0.2) is 40.4 Å². The van der Waals surface area contributed by atoms with E-state index in [1.807, 2.05) is 0 Å². The van der Waals surface area contributed by atoms with Gasteiger partial charge < -0.3 is 21.3 Å². The molecule has 1 aliphatic rings. The maximum Gasteiger partial charge on any atom is 0.222 e. The second kappa shape index (κ2) is 4.47. The van der Waals surface area contributed by atoms with E-state index in [-0.39, 0.29) is 31.1 Å². The summed E-state index contributed by atoms with van der Waals surface area (Å²) in [5.74, 6) is -0.206. The molecule has 5 N–H and O–H groups in total. The van der Waals surface area contributed by atoms with Crippen LogP contribution in [0.5, 0.6) is 0 Å². The molecule has 1 amide bonds. The lowest BCUT2D eigenvalue weighted by atomic mass is 9.75. The Morgan fingerprint density at radius 3 is 2.33 bits per heavy atom. The molecule has 0 aromatic carbocycles. The Balaban J connectivity index is 2.41. The van der Waals surface area contributed by atoms with Gasteiger partial charge in [-0.2, -0.15) is 0 Å². The second-order valence-electron chi connectivity index (χ2n) is 4.82. The second-order valence-corrected chi connectivity index (χ2v) is 4.82. The molecule has 1 aliphatic carbocycles. The first-order chi connectivity index (χ1) is 6.93. The number of nitrogens with two attached hydrogens (primary N) is 1. The normalized spacial score (nSPS) is 19.5. The minimum absolute atomic E-state index is 0.206. The van der Waals surface area contributed by atoms with Crippen LogP contribution in [0, 0.1) is 0 Å². The van der Waals surface area contributed by atoms with Gasteiger partial charge in [0.25, 0.3) is 0 Å². The predicted octanol–water partition coefficient (Wildman–Crippen LogP) is -0.883. The third kappa shape index (κ3) is 3.15. The minimum Gasteiger partial charge on any atom is -0.394 e. The van der Waals surface area contributed by atoms with Crippen LogP contribution in [0.15, 0.2) is 0 Å². The molecule has 0 heterocycles. The maximum absolute atomic E-state index is 11.6. The topological polar surface area (TPSA) is 95.6 Å². The van der Waals surface area contributed by atoms with Crippen LogP contribution < -0.4 is 11.1 Å². The highest BCUT2D eigenvalue weighted by atomic mass is 16.3. The number of carbonyl (C=O) groups is 1. The Bertz CT molecular complexity index is 235. The molecule has 0 saturated heterocycles. The smallest absolute Gasteiger partial charge is 0.222 e. The number of rotatable bonds is 5. The molecule has 0 aromatic heterocycles. The summed E-state index contributed by atoms with van der Waals surface area (Å²) in [5, 5.41) is 20.6. The van der Waals surface area contributed by atoms with Gasteiger partial charge in [-0.25, -0.2) is 0 Å². The van der Waals surface area contributed by atoms with Crippen LogP contribution in [0.1, 0.15) is 32.6 Å². The van der Waals surface area contributed by atoms with Crippen LogP contribution >= 0.6 is 0 Å². The van der Waals surface area contributed by atoms with Crippen molar-refractivity contribution >= 4 is 5.91 Å². The third-order valence-corrected chi connectivity index (χ3v) is 3.00. The summed E-state index contributed by atoms with van der Waals surface area (Å²) in [6, 6.07) is 0. The van der Waals surface area contributed by atoms with Crippen LogP contribution in [0.2, 0.25) is 0 Å². The summed E-state index contributed by atoms with van der Waals surface area (Å²) in [4.78, 5) is 11.6. The van der Waals surface area contributed by atoms with E-state index in [4.69, 9.17) is 15.9 Å². The Hall–Kier alpha value is -0.650. The van der Waals surface area contributed by atoms with E-state index < -0.39 is 5.54 Å². The zero-order chi connectivity index (χ0) is 11.5. The van der Waals surface area contributed by atoms with Crippen molar-refractivity contribution in [2.75, 3.05) is 13.2 Å². The zero-order valence-corrected chi connectivity index (χ0v) is 9.12. The number of aliphatic hydroxyl groups is 2. The number of nitrogens with one attached hydrogen (secondary N) is 1. The highest BCUT2D eigenvalue weighted by Gasteiger charge is 2.36. The predicted molar refractivity (Wildman–Crippen MR) is 56.1 cm³/mol. The van der Waals surface area contributed by atoms with Gasteiger partial charge in [0.2, 0.25) is 5.91 Å². The summed E-state index contributed by atoms with van der Waals surface area (Å²) < 4.78 is 0. The summed E-state index contributed by atoms with van der Waals surface area (Å²) in [5.41, 5.74) is 4.61. The standard InChI is InChI=1S/C10H20N2O3/c1-9(6-13,7-14)12-8(15)5-10(11)3-2-4-10/h13-14H,2-7,11H2,1H3,(H,12,15). The number of hydrogen-bond acceptors (Lipinski definition) is 4. The molecular formula is C10H20N2O3. The number of hydrogen-bond donors (Lipinski definition) is 4. The lowest BCUT2D eigenvalue weighted by Gasteiger charge is -2.38. The average molecular weight is 216 g/mol. The Labute approximate surface area is 89.7 Å². The first kappa shape index (κ1) is 12.4. The van der Waals surface area contributed by atoms with Crippen molar-refractivity contribution in [1.29, 1.82) is 0 Å². The molecule has 1 saturated carbocycles. The van der Waals surface area contributed by atoms with E-state index in [2.05, 4.69) is 5.32 Å². The molecule has 15 heavy (non-hydrogen) atoms. The molecule has 1 rings (SSSR count). The summed E-state index contributed by atoms with van der Waals surface area (Å²) in [6.07, 6.45) is 3.08. The zero-order valence-electron chi connectivity index (χ0n) is 9.12. The van der Waals surface area contributed by atoms with Gasteiger partial charge in [0.1, 0.15) is 0 Å². The number of carbonyl (C=O) groups excluding carboxylic acids is 1. The highest BCUT2D eigenvalue weighted by Crippen LogP contribution is 2.32.